The van der Waals surface area contributed by atoms with Crippen LogP contribution in [0.3, 0.4) is 0 Å². The van der Waals surface area contributed by atoms with E-state index >= 15 is 0 Å². The summed E-state index contributed by atoms with van der Waals surface area (Å²) in [5.74, 6) is 1.53. The molecule has 0 saturated carbocycles. The van der Waals surface area contributed by atoms with Crippen LogP contribution in [0.1, 0.15) is 38.1 Å². The van der Waals surface area contributed by atoms with Gasteiger partial charge in [0.05, 0.1) is 12.8 Å². The minimum absolute atomic E-state index is 0.562. The van der Waals surface area contributed by atoms with Gasteiger partial charge in [0.25, 0.3) is 0 Å². The van der Waals surface area contributed by atoms with Gasteiger partial charge >= 0.3 is 0 Å². The number of pyridine rings is 1. The van der Waals surface area contributed by atoms with Crippen molar-refractivity contribution in [3.63, 3.8) is 0 Å². The van der Waals surface area contributed by atoms with Crippen molar-refractivity contribution in [1.29, 1.82) is 0 Å². The Kier molecular flexibility index (Phi) is 7.17. The third-order valence-corrected chi connectivity index (χ3v) is 3.58. The van der Waals surface area contributed by atoms with E-state index in [1.54, 1.807) is 7.11 Å². The van der Waals surface area contributed by atoms with Gasteiger partial charge in [-0.15, -0.1) is 11.6 Å². The summed E-state index contributed by atoms with van der Waals surface area (Å²) in [6, 6.07) is 4.52. The van der Waals surface area contributed by atoms with Crippen molar-refractivity contribution in [3.05, 3.63) is 23.5 Å². The second-order valence-corrected chi connectivity index (χ2v) is 5.15. The molecule has 1 heterocycles. The summed E-state index contributed by atoms with van der Waals surface area (Å²) in [6.45, 7) is 8.16. The van der Waals surface area contributed by atoms with E-state index in [2.05, 4.69) is 23.7 Å². The van der Waals surface area contributed by atoms with Gasteiger partial charge in [-0.2, -0.15) is 0 Å². The van der Waals surface area contributed by atoms with Crippen molar-refractivity contribution in [2.75, 3.05) is 19.5 Å². The van der Waals surface area contributed by atoms with Gasteiger partial charge in [-0.25, -0.2) is 0 Å². The van der Waals surface area contributed by atoms with E-state index in [9.17, 15) is 0 Å². The van der Waals surface area contributed by atoms with Gasteiger partial charge in [0, 0.05) is 42.8 Å². The van der Waals surface area contributed by atoms with Gasteiger partial charge in [-0.05, 0) is 19.8 Å². The minimum Gasteiger partial charge on any atom is -0.497 e. The molecule has 0 aliphatic rings. The number of ether oxygens (including phenoxy) is 1. The smallest absolute Gasteiger partial charge is 0.122 e. The Morgan fingerprint density at radius 1 is 1.32 bits per heavy atom. The van der Waals surface area contributed by atoms with Gasteiger partial charge in [-0.3, -0.25) is 9.88 Å². The van der Waals surface area contributed by atoms with E-state index < -0.39 is 0 Å². The molecule has 1 aromatic rings. The fraction of sp³-hybridized carbons (Fsp3) is 0.667. The Morgan fingerprint density at radius 3 is 2.53 bits per heavy atom. The maximum Gasteiger partial charge on any atom is 0.122 e. The number of rotatable bonds is 8. The van der Waals surface area contributed by atoms with Crippen molar-refractivity contribution >= 4 is 11.6 Å². The molecule has 0 fully saturated rings. The lowest BCUT2D eigenvalue weighted by molar-refractivity contribution is 0.185. The first kappa shape index (κ1) is 16.3. The third kappa shape index (κ3) is 5.00. The van der Waals surface area contributed by atoms with E-state index in [0.29, 0.717) is 11.9 Å². The SMILES string of the molecule is CCC(CC)N(CCCl)Cc1cc(OC)cc(C)n1. The molecule has 0 spiro atoms. The molecule has 3 nitrogen and oxygen atoms in total. The van der Waals surface area contributed by atoms with Crippen LogP contribution in [0.15, 0.2) is 12.1 Å². The monoisotopic (exact) mass is 284 g/mol. The quantitative estimate of drug-likeness (QED) is 0.682. The minimum atomic E-state index is 0.562. The Bertz CT molecular complexity index is 380. The van der Waals surface area contributed by atoms with Crippen LogP contribution in [0.5, 0.6) is 5.75 Å². The molecule has 0 aliphatic heterocycles. The van der Waals surface area contributed by atoms with Crippen LogP contribution in [0.25, 0.3) is 0 Å². The second kappa shape index (κ2) is 8.39. The van der Waals surface area contributed by atoms with Gasteiger partial charge < -0.3 is 4.74 Å². The normalized spacial score (nSPS) is 11.3. The van der Waals surface area contributed by atoms with Crippen molar-refractivity contribution in [2.45, 2.75) is 46.2 Å². The largest absolute Gasteiger partial charge is 0.497 e. The average molecular weight is 285 g/mol. The summed E-state index contributed by atoms with van der Waals surface area (Å²) in [4.78, 5) is 7.00. The van der Waals surface area contributed by atoms with Crippen molar-refractivity contribution < 1.29 is 4.74 Å². The fourth-order valence-corrected chi connectivity index (χ4v) is 2.63. The second-order valence-electron chi connectivity index (χ2n) is 4.77. The lowest BCUT2D eigenvalue weighted by Crippen LogP contribution is -2.35. The number of nitrogens with zero attached hydrogens (tertiary/aromatic N) is 2. The number of halogens is 1. The highest BCUT2D eigenvalue weighted by Gasteiger charge is 2.16. The molecule has 0 aromatic carbocycles. The number of hydrogen-bond acceptors (Lipinski definition) is 3. The van der Waals surface area contributed by atoms with Crippen LogP contribution in [0.4, 0.5) is 0 Å². The molecule has 0 N–H and O–H groups in total. The Morgan fingerprint density at radius 2 is 2.00 bits per heavy atom. The lowest BCUT2D eigenvalue weighted by atomic mass is 10.1. The van der Waals surface area contributed by atoms with E-state index in [-0.39, 0.29) is 0 Å². The topological polar surface area (TPSA) is 25.4 Å². The first-order valence-corrected chi connectivity index (χ1v) is 7.49. The summed E-state index contributed by atoms with van der Waals surface area (Å²) in [7, 11) is 1.69. The average Bonchev–Trinajstić information content (AvgIpc) is 2.39. The van der Waals surface area contributed by atoms with Gasteiger partial charge in [0.2, 0.25) is 0 Å². The van der Waals surface area contributed by atoms with Crippen LogP contribution in [0, 0.1) is 6.92 Å². The fourth-order valence-electron chi connectivity index (χ4n) is 2.41. The molecule has 0 unspecified atom stereocenters. The van der Waals surface area contributed by atoms with Crippen molar-refractivity contribution in [2.24, 2.45) is 0 Å². The van der Waals surface area contributed by atoms with Crippen molar-refractivity contribution in [3.8, 4) is 5.75 Å². The van der Waals surface area contributed by atoms with Crippen molar-refractivity contribution in [1.82, 2.24) is 9.88 Å². The molecule has 0 saturated heterocycles. The molecule has 4 heteroatoms. The Labute approximate surface area is 121 Å². The van der Waals surface area contributed by atoms with E-state index in [1.165, 1.54) is 0 Å². The molecule has 0 atom stereocenters. The third-order valence-electron chi connectivity index (χ3n) is 3.41. The summed E-state index contributed by atoms with van der Waals surface area (Å²) >= 11 is 5.92. The summed E-state index contributed by atoms with van der Waals surface area (Å²) in [6.07, 6.45) is 2.27. The lowest BCUT2D eigenvalue weighted by Gasteiger charge is -2.29. The Hall–Kier alpha value is -0.800. The maximum absolute atomic E-state index is 5.92. The molecule has 0 aliphatic carbocycles. The molecule has 0 radical (unpaired) electrons. The van der Waals surface area contributed by atoms with Crippen LogP contribution in [0.2, 0.25) is 0 Å². The highest BCUT2D eigenvalue weighted by Crippen LogP contribution is 2.17. The zero-order chi connectivity index (χ0) is 14.3. The first-order valence-electron chi connectivity index (χ1n) is 6.96. The van der Waals surface area contributed by atoms with Gasteiger partial charge in [0.15, 0.2) is 0 Å². The molecule has 1 rings (SSSR count). The zero-order valence-electron chi connectivity index (χ0n) is 12.4. The number of alkyl halides is 1. The highest BCUT2D eigenvalue weighted by molar-refractivity contribution is 6.18. The van der Waals surface area contributed by atoms with Crippen LogP contribution in [-0.2, 0) is 6.54 Å². The molecular weight excluding hydrogens is 260 g/mol. The molecule has 1 aromatic heterocycles. The summed E-state index contributed by atoms with van der Waals surface area (Å²) in [5, 5.41) is 0. The van der Waals surface area contributed by atoms with Crippen LogP contribution >= 0.6 is 11.6 Å². The van der Waals surface area contributed by atoms with E-state index in [4.69, 9.17) is 16.3 Å². The predicted molar refractivity (Wildman–Crippen MR) is 81.0 cm³/mol. The number of hydrogen-bond donors (Lipinski definition) is 0. The molecular formula is C15H25ClN2O. The molecule has 19 heavy (non-hydrogen) atoms. The number of aryl methyl sites for hydroxylation is 1. The maximum atomic E-state index is 5.92. The summed E-state index contributed by atoms with van der Waals surface area (Å²) < 4.78 is 5.31. The standard InChI is InChI=1S/C15H25ClN2O/c1-5-14(6-2)18(8-7-16)11-13-10-15(19-4)9-12(3)17-13/h9-10,14H,5-8,11H2,1-4H3. The predicted octanol–water partition coefficient (Wildman–Crippen LogP) is 3.63. The summed E-state index contributed by atoms with van der Waals surface area (Å²) in [5.41, 5.74) is 2.04. The molecule has 108 valence electrons. The zero-order valence-corrected chi connectivity index (χ0v) is 13.2. The molecule has 0 amide bonds. The highest BCUT2D eigenvalue weighted by atomic mass is 35.5. The van der Waals surface area contributed by atoms with Crippen LogP contribution in [-0.4, -0.2) is 35.5 Å². The Balaban J connectivity index is 2.86. The number of methoxy groups -OCH3 is 1. The number of aromatic nitrogens is 1. The van der Waals surface area contributed by atoms with E-state index in [1.807, 2.05) is 19.1 Å². The first-order chi connectivity index (χ1) is 9.14. The van der Waals surface area contributed by atoms with Gasteiger partial charge in [0.1, 0.15) is 5.75 Å². The van der Waals surface area contributed by atoms with E-state index in [0.717, 1.165) is 43.1 Å². The molecule has 0 bridgehead atoms. The van der Waals surface area contributed by atoms with Crippen LogP contribution < -0.4 is 4.74 Å². The van der Waals surface area contributed by atoms with Gasteiger partial charge in [-0.1, -0.05) is 13.8 Å².